The van der Waals surface area contributed by atoms with Crippen molar-refractivity contribution in [2.45, 2.75) is 45.8 Å². The Kier molecular flexibility index (Phi) is 7.79. The van der Waals surface area contributed by atoms with E-state index in [1.165, 1.54) is 30.4 Å². The predicted molar refractivity (Wildman–Crippen MR) is 135 cm³/mol. The van der Waals surface area contributed by atoms with Crippen molar-refractivity contribution < 1.29 is 9.53 Å². The number of anilines is 1. The molecule has 0 aromatic heterocycles. The van der Waals surface area contributed by atoms with Crippen molar-refractivity contribution in [1.82, 2.24) is 4.90 Å². The molecule has 1 amide bonds. The van der Waals surface area contributed by atoms with E-state index in [1.807, 2.05) is 50.2 Å². The van der Waals surface area contributed by atoms with Gasteiger partial charge in [0.2, 0.25) is 0 Å². The van der Waals surface area contributed by atoms with Gasteiger partial charge in [-0.05, 0) is 87.5 Å². The van der Waals surface area contributed by atoms with E-state index in [-0.39, 0.29) is 12.0 Å². The molecule has 0 spiro atoms. The third-order valence-corrected chi connectivity index (χ3v) is 6.19. The quantitative estimate of drug-likeness (QED) is 0.453. The molecule has 3 aromatic carbocycles. The zero-order valence-electron chi connectivity index (χ0n) is 19.7. The maximum atomic E-state index is 12.8. The van der Waals surface area contributed by atoms with Crippen molar-refractivity contribution in [3.8, 4) is 5.75 Å². The van der Waals surface area contributed by atoms with E-state index in [2.05, 4.69) is 52.7 Å². The first-order chi connectivity index (χ1) is 16.1. The number of carbonyl (C=O) groups excluding carboxylic acids is 1. The minimum atomic E-state index is -0.122. The van der Waals surface area contributed by atoms with Gasteiger partial charge in [0, 0.05) is 12.1 Å². The van der Waals surface area contributed by atoms with Crippen LogP contribution in [0.5, 0.6) is 5.75 Å². The lowest BCUT2D eigenvalue weighted by atomic mass is 9.90. The van der Waals surface area contributed by atoms with Gasteiger partial charge in [0.25, 0.3) is 5.91 Å². The molecule has 33 heavy (non-hydrogen) atoms. The normalized spacial score (nSPS) is 14.9. The zero-order valence-corrected chi connectivity index (χ0v) is 19.7. The molecule has 1 heterocycles. The third-order valence-electron chi connectivity index (χ3n) is 6.19. The summed E-state index contributed by atoms with van der Waals surface area (Å²) < 4.78 is 5.81. The van der Waals surface area contributed by atoms with Crippen LogP contribution >= 0.6 is 0 Å². The molecule has 4 heteroatoms. The highest BCUT2D eigenvalue weighted by Crippen LogP contribution is 2.26. The lowest BCUT2D eigenvalue weighted by Gasteiger charge is -2.32. The Morgan fingerprint density at radius 3 is 2.27 bits per heavy atom. The van der Waals surface area contributed by atoms with Gasteiger partial charge in [0.05, 0.1) is 11.8 Å². The maximum absolute atomic E-state index is 12.8. The lowest BCUT2D eigenvalue weighted by Crippen LogP contribution is -2.33. The van der Waals surface area contributed by atoms with Crippen LogP contribution in [0.3, 0.4) is 0 Å². The summed E-state index contributed by atoms with van der Waals surface area (Å²) in [6.45, 7) is 7.15. The summed E-state index contributed by atoms with van der Waals surface area (Å²) in [6.07, 6.45) is 3.72. The molecule has 4 nitrogen and oxygen atoms in total. The highest BCUT2D eigenvalue weighted by Gasteiger charge is 2.19. The summed E-state index contributed by atoms with van der Waals surface area (Å²) in [6, 6.07) is 26.3. The second-order valence-electron chi connectivity index (χ2n) is 9.22. The number of benzene rings is 3. The summed E-state index contributed by atoms with van der Waals surface area (Å²) in [5.74, 6) is 1.34. The number of nitrogens with one attached hydrogen (secondary N) is 1. The fraction of sp³-hybridized carbons (Fsp3) is 0.345. The van der Waals surface area contributed by atoms with Gasteiger partial charge in [-0.1, -0.05) is 54.6 Å². The van der Waals surface area contributed by atoms with Crippen LogP contribution in [0.1, 0.15) is 48.2 Å². The van der Waals surface area contributed by atoms with E-state index in [0.29, 0.717) is 17.0 Å². The van der Waals surface area contributed by atoms with Crippen LogP contribution in [0, 0.1) is 5.92 Å². The van der Waals surface area contributed by atoms with Gasteiger partial charge in [-0.3, -0.25) is 9.69 Å². The van der Waals surface area contributed by atoms with Crippen LogP contribution in [-0.4, -0.2) is 30.0 Å². The summed E-state index contributed by atoms with van der Waals surface area (Å²) in [5.41, 5.74) is 4.04. The fourth-order valence-electron chi connectivity index (χ4n) is 4.44. The molecule has 0 radical (unpaired) electrons. The van der Waals surface area contributed by atoms with E-state index in [9.17, 15) is 4.79 Å². The van der Waals surface area contributed by atoms with Gasteiger partial charge in [0.15, 0.2) is 0 Å². The summed E-state index contributed by atoms with van der Waals surface area (Å²) in [4.78, 5) is 15.3. The molecular formula is C29H34N2O2. The average Bonchev–Trinajstić information content (AvgIpc) is 2.82. The smallest absolute Gasteiger partial charge is 0.255 e. The molecule has 4 rings (SSSR count). The first-order valence-corrected chi connectivity index (χ1v) is 12.0. The Bertz CT molecular complexity index is 1020. The number of piperidine rings is 1. The number of ether oxygens (including phenoxy) is 1. The molecule has 0 aliphatic carbocycles. The lowest BCUT2D eigenvalue weighted by molar-refractivity contribution is 0.102. The Hall–Kier alpha value is -3.11. The standard InChI is InChI=1S/C29H34N2O2/c1-22(2)33-28-11-7-6-10-27(28)30-29(32)26-14-12-25(13-15-26)21-31-18-16-24(17-19-31)20-23-8-4-3-5-9-23/h3-15,22,24H,16-21H2,1-2H3,(H,30,32). The number of amides is 1. The van der Waals surface area contributed by atoms with Crippen LogP contribution in [-0.2, 0) is 13.0 Å². The van der Waals surface area contributed by atoms with E-state index < -0.39 is 0 Å². The summed E-state index contributed by atoms with van der Waals surface area (Å²) in [7, 11) is 0. The Morgan fingerprint density at radius 2 is 1.58 bits per heavy atom. The van der Waals surface area contributed by atoms with Gasteiger partial charge < -0.3 is 10.1 Å². The Balaban J connectivity index is 1.28. The largest absolute Gasteiger partial charge is 0.489 e. The second-order valence-corrected chi connectivity index (χ2v) is 9.22. The van der Waals surface area contributed by atoms with Gasteiger partial charge in [-0.25, -0.2) is 0 Å². The van der Waals surface area contributed by atoms with Gasteiger partial charge in [-0.15, -0.1) is 0 Å². The average molecular weight is 443 g/mol. The highest BCUT2D eigenvalue weighted by atomic mass is 16.5. The molecule has 1 N–H and O–H groups in total. The topological polar surface area (TPSA) is 41.6 Å². The number of carbonyl (C=O) groups is 1. The Morgan fingerprint density at radius 1 is 0.909 bits per heavy atom. The molecule has 0 atom stereocenters. The van der Waals surface area contributed by atoms with Crippen molar-refractivity contribution >= 4 is 11.6 Å². The molecule has 1 aliphatic rings. The second kappa shape index (κ2) is 11.2. The van der Waals surface area contributed by atoms with Crippen LogP contribution in [0.15, 0.2) is 78.9 Å². The monoisotopic (exact) mass is 442 g/mol. The van der Waals surface area contributed by atoms with E-state index in [4.69, 9.17) is 4.74 Å². The summed E-state index contributed by atoms with van der Waals surface area (Å²) >= 11 is 0. The Labute approximate surface area is 197 Å². The number of para-hydroxylation sites is 2. The van der Waals surface area contributed by atoms with E-state index in [1.54, 1.807) is 0 Å². The van der Waals surface area contributed by atoms with Crippen molar-refractivity contribution in [3.63, 3.8) is 0 Å². The van der Waals surface area contributed by atoms with Gasteiger partial charge in [0.1, 0.15) is 5.75 Å². The number of hydrogen-bond acceptors (Lipinski definition) is 3. The fourth-order valence-corrected chi connectivity index (χ4v) is 4.44. The first-order valence-electron chi connectivity index (χ1n) is 12.0. The van der Waals surface area contributed by atoms with Crippen LogP contribution < -0.4 is 10.1 Å². The van der Waals surface area contributed by atoms with E-state index in [0.717, 1.165) is 25.6 Å². The van der Waals surface area contributed by atoms with Crippen molar-refractivity contribution in [1.29, 1.82) is 0 Å². The maximum Gasteiger partial charge on any atom is 0.255 e. The van der Waals surface area contributed by atoms with E-state index >= 15 is 0 Å². The summed E-state index contributed by atoms with van der Waals surface area (Å²) in [5, 5.41) is 2.98. The highest BCUT2D eigenvalue weighted by molar-refractivity contribution is 6.05. The molecule has 1 fully saturated rings. The minimum Gasteiger partial charge on any atom is -0.489 e. The molecule has 1 saturated heterocycles. The molecule has 172 valence electrons. The van der Waals surface area contributed by atoms with Gasteiger partial charge in [-0.2, -0.15) is 0 Å². The first kappa shape index (κ1) is 23.1. The van der Waals surface area contributed by atoms with Crippen molar-refractivity contribution in [3.05, 3.63) is 95.6 Å². The molecule has 0 unspecified atom stereocenters. The molecule has 0 saturated carbocycles. The number of nitrogens with zero attached hydrogens (tertiary/aromatic N) is 1. The molecule has 3 aromatic rings. The third kappa shape index (κ3) is 6.69. The van der Waals surface area contributed by atoms with Crippen LogP contribution in [0.4, 0.5) is 5.69 Å². The van der Waals surface area contributed by atoms with Crippen LogP contribution in [0.2, 0.25) is 0 Å². The van der Waals surface area contributed by atoms with Crippen molar-refractivity contribution in [2.75, 3.05) is 18.4 Å². The van der Waals surface area contributed by atoms with Crippen molar-refractivity contribution in [2.24, 2.45) is 5.92 Å². The van der Waals surface area contributed by atoms with Crippen LogP contribution in [0.25, 0.3) is 0 Å². The molecule has 1 aliphatic heterocycles. The minimum absolute atomic E-state index is 0.0470. The number of hydrogen-bond donors (Lipinski definition) is 1. The molecular weight excluding hydrogens is 408 g/mol. The number of rotatable bonds is 8. The predicted octanol–water partition coefficient (Wildman–Crippen LogP) is 6.18. The molecule has 0 bridgehead atoms. The van der Waals surface area contributed by atoms with Gasteiger partial charge >= 0.3 is 0 Å². The SMILES string of the molecule is CC(C)Oc1ccccc1NC(=O)c1ccc(CN2CCC(Cc3ccccc3)CC2)cc1. The number of likely N-dealkylation sites (tertiary alicyclic amines) is 1. The zero-order chi connectivity index (χ0) is 23.0.